The molecule has 1 N–H and O–H groups in total. The van der Waals surface area contributed by atoms with Gasteiger partial charge in [-0.15, -0.1) is 0 Å². The maximum atomic E-state index is 4.61. The summed E-state index contributed by atoms with van der Waals surface area (Å²) in [5.41, 5.74) is 4.48. The fraction of sp³-hybridized carbons (Fsp3) is 0.824. The minimum Gasteiger partial charge on any atom is -0.316 e. The van der Waals surface area contributed by atoms with Crippen molar-refractivity contribution in [1.82, 2.24) is 20.0 Å². The topological polar surface area (TPSA) is 33.1 Å². The van der Waals surface area contributed by atoms with Gasteiger partial charge in [0.15, 0.2) is 0 Å². The molecule has 21 heavy (non-hydrogen) atoms. The van der Waals surface area contributed by atoms with Crippen molar-refractivity contribution < 1.29 is 0 Å². The second-order valence-corrected chi connectivity index (χ2v) is 7.24. The van der Waals surface area contributed by atoms with E-state index < -0.39 is 0 Å². The number of hydrogen-bond acceptors (Lipinski definition) is 3. The van der Waals surface area contributed by atoms with E-state index in [0.717, 1.165) is 0 Å². The molecule has 0 radical (unpaired) electrons. The summed E-state index contributed by atoms with van der Waals surface area (Å²) < 4.78 is 2.03. The molecule has 4 nitrogen and oxygen atoms in total. The number of rotatable bonds is 2. The van der Waals surface area contributed by atoms with Gasteiger partial charge >= 0.3 is 0 Å². The van der Waals surface area contributed by atoms with Crippen molar-refractivity contribution in [3.8, 4) is 0 Å². The third-order valence-electron chi connectivity index (χ3n) is 5.78. The second-order valence-electron chi connectivity index (χ2n) is 7.24. The summed E-state index contributed by atoms with van der Waals surface area (Å²) in [6.45, 7) is 11.6. The minimum absolute atomic E-state index is 0.484. The van der Waals surface area contributed by atoms with E-state index in [-0.39, 0.29) is 0 Å². The smallest absolute Gasteiger partial charge is 0.0644 e. The Hall–Kier alpha value is -0.870. The van der Waals surface area contributed by atoms with Crippen LogP contribution in [-0.4, -0.2) is 40.9 Å². The lowest BCUT2D eigenvalue weighted by atomic mass is 9.74. The van der Waals surface area contributed by atoms with Gasteiger partial charge in [0.25, 0.3) is 0 Å². The van der Waals surface area contributed by atoms with Crippen LogP contribution in [0.4, 0.5) is 0 Å². The highest BCUT2D eigenvalue weighted by Crippen LogP contribution is 2.39. The molecule has 0 amide bonds. The summed E-state index contributed by atoms with van der Waals surface area (Å²) in [7, 11) is 2.06. The van der Waals surface area contributed by atoms with Gasteiger partial charge in [-0.1, -0.05) is 0 Å². The van der Waals surface area contributed by atoms with Crippen LogP contribution in [0.3, 0.4) is 0 Å². The van der Waals surface area contributed by atoms with E-state index in [0.29, 0.717) is 11.5 Å². The first-order chi connectivity index (χ1) is 10.0. The lowest BCUT2D eigenvalue weighted by Crippen LogP contribution is -2.51. The molecule has 3 rings (SSSR count). The number of aromatic nitrogens is 2. The fourth-order valence-corrected chi connectivity index (χ4v) is 4.53. The van der Waals surface area contributed by atoms with Crippen molar-refractivity contribution in [1.29, 1.82) is 0 Å². The first-order valence-corrected chi connectivity index (χ1v) is 8.47. The van der Waals surface area contributed by atoms with Crippen molar-refractivity contribution in [2.24, 2.45) is 12.5 Å². The third-order valence-corrected chi connectivity index (χ3v) is 5.78. The van der Waals surface area contributed by atoms with E-state index in [1.54, 1.807) is 0 Å². The summed E-state index contributed by atoms with van der Waals surface area (Å²) in [4.78, 5) is 2.70. The van der Waals surface area contributed by atoms with Gasteiger partial charge < -0.3 is 5.32 Å². The summed E-state index contributed by atoms with van der Waals surface area (Å²) in [6, 6.07) is 0.484. The molecule has 2 fully saturated rings. The van der Waals surface area contributed by atoms with Crippen molar-refractivity contribution in [2.45, 2.75) is 52.5 Å². The maximum Gasteiger partial charge on any atom is 0.0644 e. The van der Waals surface area contributed by atoms with Crippen LogP contribution in [0.2, 0.25) is 0 Å². The van der Waals surface area contributed by atoms with Gasteiger partial charge in [0, 0.05) is 37.4 Å². The van der Waals surface area contributed by atoms with Gasteiger partial charge in [0.2, 0.25) is 0 Å². The van der Waals surface area contributed by atoms with E-state index in [4.69, 9.17) is 0 Å². The highest BCUT2D eigenvalue weighted by molar-refractivity contribution is 5.28. The molecular formula is C17H30N4. The minimum atomic E-state index is 0.484. The van der Waals surface area contributed by atoms with Crippen LogP contribution in [0.5, 0.6) is 0 Å². The average Bonchev–Trinajstić information content (AvgIpc) is 2.72. The standard InChI is InChI=1S/C17H30N4/c1-13-16(14(2)20(4)19-13)15(3)21-10-6-8-17(12-21)7-5-9-18-11-17/h15,18H,5-12H2,1-4H3. The molecule has 1 aromatic heterocycles. The molecular weight excluding hydrogens is 260 g/mol. The van der Waals surface area contributed by atoms with Crippen molar-refractivity contribution in [3.05, 3.63) is 17.0 Å². The lowest BCUT2D eigenvalue weighted by Gasteiger charge is -2.47. The van der Waals surface area contributed by atoms with Crippen molar-refractivity contribution in [2.75, 3.05) is 26.2 Å². The van der Waals surface area contributed by atoms with Crippen LogP contribution in [0.1, 0.15) is 55.6 Å². The zero-order chi connectivity index (χ0) is 15.0. The zero-order valence-corrected chi connectivity index (χ0v) is 14.1. The molecule has 2 unspecified atom stereocenters. The van der Waals surface area contributed by atoms with Gasteiger partial charge in [-0.3, -0.25) is 9.58 Å². The van der Waals surface area contributed by atoms with Crippen LogP contribution < -0.4 is 5.32 Å². The van der Waals surface area contributed by atoms with E-state index in [1.807, 2.05) is 4.68 Å². The number of aryl methyl sites for hydroxylation is 2. The molecule has 0 bridgehead atoms. The second kappa shape index (κ2) is 5.73. The largest absolute Gasteiger partial charge is 0.316 e. The van der Waals surface area contributed by atoms with Gasteiger partial charge in [0.05, 0.1) is 5.69 Å². The summed E-state index contributed by atoms with van der Waals surface area (Å²) in [6.07, 6.45) is 5.47. The van der Waals surface area contributed by atoms with Gasteiger partial charge in [0.1, 0.15) is 0 Å². The Morgan fingerprint density at radius 3 is 2.62 bits per heavy atom. The molecule has 2 atom stereocenters. The van der Waals surface area contributed by atoms with Crippen LogP contribution in [0.15, 0.2) is 0 Å². The normalized spacial score (nSPS) is 29.0. The van der Waals surface area contributed by atoms with Crippen LogP contribution >= 0.6 is 0 Å². The van der Waals surface area contributed by atoms with E-state index >= 15 is 0 Å². The Labute approximate surface area is 128 Å². The number of hydrogen-bond donors (Lipinski definition) is 1. The van der Waals surface area contributed by atoms with Crippen LogP contribution in [0, 0.1) is 19.3 Å². The molecule has 3 heterocycles. The molecule has 1 spiro atoms. The molecule has 2 aliphatic rings. The molecule has 1 aromatic rings. The molecule has 118 valence electrons. The Morgan fingerprint density at radius 2 is 2.00 bits per heavy atom. The molecule has 2 saturated heterocycles. The van der Waals surface area contributed by atoms with E-state index in [2.05, 4.69) is 43.1 Å². The predicted molar refractivity (Wildman–Crippen MR) is 86.4 cm³/mol. The summed E-state index contributed by atoms with van der Waals surface area (Å²) >= 11 is 0. The van der Waals surface area contributed by atoms with Crippen LogP contribution in [-0.2, 0) is 7.05 Å². The monoisotopic (exact) mass is 290 g/mol. The zero-order valence-electron chi connectivity index (χ0n) is 14.1. The van der Waals surface area contributed by atoms with Crippen molar-refractivity contribution in [3.63, 3.8) is 0 Å². The van der Waals surface area contributed by atoms with Gasteiger partial charge in [-0.25, -0.2) is 0 Å². The van der Waals surface area contributed by atoms with Gasteiger partial charge in [-0.05, 0) is 65.0 Å². The predicted octanol–water partition coefficient (Wildman–Crippen LogP) is 2.56. The fourth-order valence-electron chi connectivity index (χ4n) is 4.53. The molecule has 0 aromatic carbocycles. The Morgan fingerprint density at radius 1 is 1.24 bits per heavy atom. The number of piperidine rings is 2. The molecule has 0 saturated carbocycles. The number of nitrogens with one attached hydrogen (secondary N) is 1. The first-order valence-electron chi connectivity index (χ1n) is 8.47. The highest BCUT2D eigenvalue weighted by Gasteiger charge is 2.38. The molecule has 4 heteroatoms. The summed E-state index contributed by atoms with van der Waals surface area (Å²) in [5, 5.41) is 8.24. The van der Waals surface area contributed by atoms with Crippen LogP contribution in [0.25, 0.3) is 0 Å². The average molecular weight is 290 g/mol. The Balaban J connectivity index is 1.79. The molecule has 0 aliphatic carbocycles. The third kappa shape index (κ3) is 2.76. The SMILES string of the molecule is Cc1nn(C)c(C)c1C(C)N1CCCC2(CCCNC2)C1. The Bertz CT molecular complexity index is 494. The van der Waals surface area contributed by atoms with Gasteiger partial charge in [-0.2, -0.15) is 5.10 Å². The quantitative estimate of drug-likeness (QED) is 0.909. The Kier molecular flexibility index (Phi) is 4.10. The van der Waals surface area contributed by atoms with E-state index in [9.17, 15) is 0 Å². The first kappa shape index (κ1) is 15.0. The molecule has 2 aliphatic heterocycles. The lowest BCUT2D eigenvalue weighted by molar-refractivity contribution is 0.0412. The maximum absolute atomic E-state index is 4.61. The number of likely N-dealkylation sites (tertiary alicyclic amines) is 1. The van der Waals surface area contributed by atoms with E-state index in [1.165, 1.54) is 68.8 Å². The highest BCUT2D eigenvalue weighted by atomic mass is 15.3. The van der Waals surface area contributed by atoms with Crippen molar-refractivity contribution >= 4 is 0 Å². The summed E-state index contributed by atoms with van der Waals surface area (Å²) in [5.74, 6) is 0. The number of nitrogens with zero attached hydrogens (tertiary/aromatic N) is 3.